The van der Waals surface area contributed by atoms with Gasteiger partial charge < -0.3 is 15.0 Å². The maximum absolute atomic E-state index is 6.13. The van der Waals surface area contributed by atoms with Gasteiger partial charge >= 0.3 is 0 Å². The van der Waals surface area contributed by atoms with Crippen LogP contribution in [-0.2, 0) is 13.5 Å². The second-order valence-corrected chi connectivity index (χ2v) is 6.35. The van der Waals surface area contributed by atoms with Crippen LogP contribution in [0.25, 0.3) is 10.9 Å². The lowest BCUT2D eigenvalue weighted by Gasteiger charge is -2.15. The fourth-order valence-electron chi connectivity index (χ4n) is 3.29. The van der Waals surface area contributed by atoms with Gasteiger partial charge in [-0.05, 0) is 48.7 Å². The first-order valence-electron chi connectivity index (χ1n) is 8.68. The number of nitrogens with zero attached hydrogens (tertiary/aromatic N) is 1. The number of hydrogen-bond donors (Lipinski definition) is 1. The van der Waals surface area contributed by atoms with E-state index >= 15 is 0 Å². The number of rotatable bonds is 7. The number of nitrogens with two attached hydrogens (primary N) is 1. The van der Waals surface area contributed by atoms with Gasteiger partial charge in [-0.25, -0.2) is 0 Å². The number of hydrogen-bond acceptors (Lipinski definition) is 2. The highest BCUT2D eigenvalue weighted by molar-refractivity contribution is 5.84. The average Bonchev–Trinajstić information content (AvgIpc) is 2.95. The Balaban J connectivity index is 1.86. The molecule has 0 amide bonds. The molecule has 0 radical (unpaired) electrons. The highest BCUT2D eigenvalue weighted by Gasteiger charge is 2.16. The Labute approximate surface area is 144 Å². The second-order valence-electron chi connectivity index (χ2n) is 6.35. The van der Waals surface area contributed by atoms with Crippen molar-refractivity contribution >= 4 is 10.9 Å². The monoisotopic (exact) mass is 322 g/mol. The molecule has 0 fully saturated rings. The normalized spacial score (nSPS) is 12.5. The molecular formula is C21H26N2O. The SMILES string of the molecule is CCCOc1cccc(CC(CN)c2cn(C)c3ccccc23)c1. The lowest BCUT2D eigenvalue weighted by molar-refractivity contribution is 0.317. The van der Waals surface area contributed by atoms with Crippen LogP contribution in [0, 0.1) is 0 Å². The van der Waals surface area contributed by atoms with Crippen LogP contribution in [0.5, 0.6) is 5.75 Å². The van der Waals surface area contributed by atoms with Crippen LogP contribution in [0.1, 0.15) is 30.4 Å². The van der Waals surface area contributed by atoms with E-state index in [2.05, 4.69) is 67.2 Å². The number of fused-ring (bicyclic) bond motifs is 1. The van der Waals surface area contributed by atoms with Gasteiger partial charge in [-0.3, -0.25) is 0 Å². The molecule has 0 saturated heterocycles. The van der Waals surface area contributed by atoms with Gasteiger partial charge in [0.15, 0.2) is 0 Å². The first-order valence-corrected chi connectivity index (χ1v) is 8.68. The zero-order chi connectivity index (χ0) is 16.9. The highest BCUT2D eigenvalue weighted by atomic mass is 16.5. The lowest BCUT2D eigenvalue weighted by Crippen LogP contribution is -2.15. The van der Waals surface area contributed by atoms with Gasteiger partial charge in [0.2, 0.25) is 0 Å². The van der Waals surface area contributed by atoms with E-state index in [4.69, 9.17) is 10.5 Å². The van der Waals surface area contributed by atoms with E-state index in [-0.39, 0.29) is 0 Å². The van der Waals surface area contributed by atoms with E-state index in [0.29, 0.717) is 12.5 Å². The van der Waals surface area contributed by atoms with Crippen LogP contribution >= 0.6 is 0 Å². The van der Waals surface area contributed by atoms with Crippen LogP contribution in [0.3, 0.4) is 0 Å². The minimum absolute atomic E-state index is 0.303. The van der Waals surface area contributed by atoms with Crippen LogP contribution in [0.4, 0.5) is 0 Å². The minimum atomic E-state index is 0.303. The van der Waals surface area contributed by atoms with E-state index in [0.717, 1.165) is 25.2 Å². The van der Waals surface area contributed by atoms with Crippen molar-refractivity contribution in [3.8, 4) is 5.75 Å². The Bertz CT molecular complexity index is 806. The fraction of sp³-hybridized carbons (Fsp3) is 0.333. The van der Waals surface area contributed by atoms with Gasteiger partial charge in [0.05, 0.1) is 6.61 Å². The van der Waals surface area contributed by atoms with E-state index in [1.807, 2.05) is 6.07 Å². The maximum Gasteiger partial charge on any atom is 0.119 e. The molecule has 0 aliphatic carbocycles. The van der Waals surface area contributed by atoms with Crippen molar-refractivity contribution in [1.82, 2.24) is 4.57 Å². The molecule has 0 bridgehead atoms. The Kier molecular flexibility index (Phi) is 5.21. The number of para-hydroxylation sites is 1. The molecular weight excluding hydrogens is 296 g/mol. The maximum atomic E-state index is 6.13. The summed E-state index contributed by atoms with van der Waals surface area (Å²) >= 11 is 0. The van der Waals surface area contributed by atoms with Crippen molar-refractivity contribution in [3.63, 3.8) is 0 Å². The minimum Gasteiger partial charge on any atom is -0.494 e. The van der Waals surface area contributed by atoms with Gasteiger partial charge in [0.1, 0.15) is 5.75 Å². The van der Waals surface area contributed by atoms with Crippen LogP contribution < -0.4 is 10.5 Å². The third kappa shape index (κ3) is 3.46. The summed E-state index contributed by atoms with van der Waals surface area (Å²) in [7, 11) is 2.10. The molecule has 3 nitrogen and oxygen atoms in total. The van der Waals surface area contributed by atoms with E-state index in [1.54, 1.807) is 0 Å². The van der Waals surface area contributed by atoms with Crippen LogP contribution in [0.15, 0.2) is 54.7 Å². The predicted molar refractivity (Wildman–Crippen MR) is 101 cm³/mol. The Morgan fingerprint density at radius 3 is 2.75 bits per heavy atom. The molecule has 24 heavy (non-hydrogen) atoms. The number of ether oxygens (including phenoxy) is 1. The van der Waals surface area contributed by atoms with Crippen molar-refractivity contribution in [2.24, 2.45) is 12.8 Å². The fourth-order valence-corrected chi connectivity index (χ4v) is 3.29. The zero-order valence-corrected chi connectivity index (χ0v) is 14.5. The molecule has 1 heterocycles. The average molecular weight is 322 g/mol. The largest absolute Gasteiger partial charge is 0.494 e. The quantitative estimate of drug-likeness (QED) is 0.706. The Hall–Kier alpha value is -2.26. The third-order valence-electron chi connectivity index (χ3n) is 4.51. The summed E-state index contributed by atoms with van der Waals surface area (Å²) in [6.07, 6.45) is 4.17. The lowest BCUT2D eigenvalue weighted by atomic mass is 9.91. The molecule has 0 aliphatic heterocycles. The van der Waals surface area contributed by atoms with Crippen molar-refractivity contribution in [3.05, 3.63) is 65.9 Å². The number of aromatic nitrogens is 1. The summed E-state index contributed by atoms with van der Waals surface area (Å²) in [5.41, 5.74) is 9.99. The molecule has 1 unspecified atom stereocenters. The number of benzene rings is 2. The van der Waals surface area contributed by atoms with E-state index in [1.165, 1.54) is 22.0 Å². The van der Waals surface area contributed by atoms with Gasteiger partial charge in [0.25, 0.3) is 0 Å². The summed E-state index contributed by atoms with van der Waals surface area (Å²) in [4.78, 5) is 0. The number of aryl methyl sites for hydroxylation is 1. The standard InChI is InChI=1S/C21H26N2O/c1-3-11-24-18-8-6-7-16(13-18)12-17(14-22)20-15-23(2)21-10-5-4-9-19(20)21/h4-10,13,15,17H,3,11-12,14,22H2,1-2H3. The van der Waals surface area contributed by atoms with Crippen molar-refractivity contribution in [2.75, 3.05) is 13.2 Å². The van der Waals surface area contributed by atoms with Gasteiger partial charge in [-0.2, -0.15) is 0 Å². The second kappa shape index (κ2) is 7.54. The molecule has 0 saturated carbocycles. The third-order valence-corrected chi connectivity index (χ3v) is 4.51. The van der Waals surface area contributed by atoms with Gasteiger partial charge in [-0.15, -0.1) is 0 Å². The van der Waals surface area contributed by atoms with Crippen molar-refractivity contribution in [2.45, 2.75) is 25.7 Å². The zero-order valence-electron chi connectivity index (χ0n) is 14.5. The summed E-state index contributed by atoms with van der Waals surface area (Å²) in [6.45, 7) is 3.51. The van der Waals surface area contributed by atoms with Crippen molar-refractivity contribution < 1.29 is 4.74 Å². The Morgan fingerprint density at radius 1 is 1.12 bits per heavy atom. The summed E-state index contributed by atoms with van der Waals surface area (Å²) < 4.78 is 7.94. The molecule has 126 valence electrons. The molecule has 0 aliphatic rings. The molecule has 1 atom stereocenters. The smallest absolute Gasteiger partial charge is 0.119 e. The van der Waals surface area contributed by atoms with Crippen molar-refractivity contribution in [1.29, 1.82) is 0 Å². The molecule has 2 aromatic carbocycles. The van der Waals surface area contributed by atoms with Gasteiger partial charge in [-0.1, -0.05) is 37.3 Å². The Morgan fingerprint density at radius 2 is 1.96 bits per heavy atom. The predicted octanol–water partition coefficient (Wildman–Crippen LogP) is 4.25. The summed E-state index contributed by atoms with van der Waals surface area (Å²) in [5.74, 6) is 1.25. The molecule has 3 aromatic rings. The van der Waals surface area contributed by atoms with E-state index in [9.17, 15) is 0 Å². The first kappa shape index (κ1) is 16.6. The molecule has 3 heteroatoms. The van der Waals surface area contributed by atoms with Crippen LogP contribution in [0.2, 0.25) is 0 Å². The van der Waals surface area contributed by atoms with Crippen LogP contribution in [-0.4, -0.2) is 17.7 Å². The van der Waals surface area contributed by atoms with Gasteiger partial charge in [0, 0.05) is 30.1 Å². The molecule has 0 spiro atoms. The molecule has 3 rings (SSSR count). The molecule has 1 aromatic heterocycles. The highest BCUT2D eigenvalue weighted by Crippen LogP contribution is 2.29. The topological polar surface area (TPSA) is 40.2 Å². The summed E-state index contributed by atoms with van der Waals surface area (Å²) in [6, 6.07) is 16.9. The molecule has 2 N–H and O–H groups in total. The van der Waals surface area contributed by atoms with E-state index < -0.39 is 0 Å². The summed E-state index contributed by atoms with van der Waals surface area (Å²) in [5, 5.41) is 1.30. The first-order chi connectivity index (χ1) is 11.7.